The molecule has 2 N–H and O–H groups in total. The zero-order chi connectivity index (χ0) is 15.4. The zero-order valence-corrected chi connectivity index (χ0v) is 13.4. The maximum absolute atomic E-state index is 11.8. The number of halogens is 2. The summed E-state index contributed by atoms with van der Waals surface area (Å²) in [7, 11) is 0. The van der Waals surface area contributed by atoms with E-state index in [1.54, 1.807) is 25.1 Å². The highest BCUT2D eigenvalue weighted by Gasteiger charge is 2.14. The molecule has 21 heavy (non-hydrogen) atoms. The lowest BCUT2D eigenvalue weighted by Gasteiger charge is -2.10. The van der Waals surface area contributed by atoms with Crippen LogP contribution in [0.3, 0.4) is 0 Å². The van der Waals surface area contributed by atoms with Crippen molar-refractivity contribution in [3.05, 3.63) is 45.5 Å². The van der Waals surface area contributed by atoms with Gasteiger partial charge < -0.3 is 15.2 Å². The first-order valence-corrected chi connectivity index (χ1v) is 7.24. The Kier molecular flexibility index (Phi) is 5.03. The zero-order valence-electron chi connectivity index (χ0n) is 11.1. The molecule has 0 aliphatic carbocycles. The summed E-state index contributed by atoms with van der Waals surface area (Å²) in [5.41, 5.74) is 6.14. The molecule has 0 saturated carbocycles. The number of hydrogen-bond donors (Lipinski definition) is 1. The van der Waals surface area contributed by atoms with Gasteiger partial charge in [-0.3, -0.25) is 0 Å². The van der Waals surface area contributed by atoms with Crippen LogP contribution in [0.5, 0.6) is 11.6 Å². The first-order valence-electron chi connectivity index (χ1n) is 6.06. The number of benzene rings is 1. The topological polar surface area (TPSA) is 74.4 Å². The Morgan fingerprint density at radius 1 is 1.43 bits per heavy atom. The Morgan fingerprint density at radius 3 is 2.90 bits per heavy atom. The number of carbonyl (C=O) groups excluding carboxylic acids is 1. The van der Waals surface area contributed by atoms with E-state index in [1.165, 1.54) is 12.3 Å². The van der Waals surface area contributed by atoms with Crippen molar-refractivity contribution in [2.24, 2.45) is 0 Å². The molecule has 0 fully saturated rings. The average Bonchev–Trinajstić information content (AvgIpc) is 2.45. The van der Waals surface area contributed by atoms with Crippen LogP contribution in [0, 0.1) is 0 Å². The average molecular weight is 372 g/mol. The molecule has 1 aromatic heterocycles. The molecule has 0 atom stereocenters. The number of ether oxygens (including phenoxy) is 2. The van der Waals surface area contributed by atoms with E-state index in [0.29, 0.717) is 10.8 Å². The Bertz CT molecular complexity index is 679. The molecule has 1 heterocycles. The van der Waals surface area contributed by atoms with Gasteiger partial charge in [-0.15, -0.1) is 0 Å². The molecule has 0 aliphatic rings. The highest BCUT2D eigenvalue weighted by atomic mass is 79.9. The number of rotatable bonds is 4. The lowest BCUT2D eigenvalue weighted by Crippen LogP contribution is -2.08. The molecule has 0 unspecified atom stereocenters. The monoisotopic (exact) mass is 370 g/mol. The predicted molar refractivity (Wildman–Crippen MR) is 83.8 cm³/mol. The van der Waals surface area contributed by atoms with E-state index in [1.807, 2.05) is 0 Å². The standard InChI is InChI=1S/C14H12BrClN2O3/c1-2-20-14(19)9-6-13(18-7-11(9)17)21-12-5-8(15)3-4-10(12)16/h3-7H,2,17H2,1H3. The number of hydrogen-bond acceptors (Lipinski definition) is 5. The minimum atomic E-state index is -0.525. The van der Waals surface area contributed by atoms with Crippen LogP contribution in [0.2, 0.25) is 5.02 Å². The smallest absolute Gasteiger partial charge is 0.340 e. The fourth-order valence-electron chi connectivity index (χ4n) is 1.56. The van der Waals surface area contributed by atoms with Gasteiger partial charge in [0.15, 0.2) is 0 Å². The summed E-state index contributed by atoms with van der Waals surface area (Å²) in [6.07, 6.45) is 1.34. The van der Waals surface area contributed by atoms with Crippen LogP contribution in [0.1, 0.15) is 17.3 Å². The van der Waals surface area contributed by atoms with Gasteiger partial charge in [-0.05, 0) is 25.1 Å². The molecule has 2 rings (SSSR count). The van der Waals surface area contributed by atoms with Crippen molar-refractivity contribution in [1.29, 1.82) is 0 Å². The third-order valence-corrected chi connectivity index (χ3v) is 3.32. The van der Waals surface area contributed by atoms with Crippen molar-refractivity contribution in [3.8, 4) is 11.6 Å². The number of carbonyl (C=O) groups is 1. The van der Waals surface area contributed by atoms with Crippen molar-refractivity contribution in [2.75, 3.05) is 12.3 Å². The lowest BCUT2D eigenvalue weighted by atomic mass is 10.2. The fraction of sp³-hybridized carbons (Fsp3) is 0.143. The number of nitrogens with two attached hydrogens (primary N) is 1. The molecular weight excluding hydrogens is 360 g/mol. The summed E-state index contributed by atoms with van der Waals surface area (Å²) in [4.78, 5) is 15.8. The first kappa shape index (κ1) is 15.6. The maximum atomic E-state index is 11.8. The SMILES string of the molecule is CCOC(=O)c1cc(Oc2cc(Br)ccc2Cl)ncc1N. The molecule has 1 aromatic carbocycles. The van der Waals surface area contributed by atoms with Crippen LogP contribution in [-0.4, -0.2) is 17.6 Å². The van der Waals surface area contributed by atoms with Gasteiger partial charge in [0.05, 0.1) is 29.1 Å². The molecule has 2 aromatic rings. The molecule has 0 bridgehead atoms. The number of esters is 1. The van der Waals surface area contributed by atoms with E-state index < -0.39 is 5.97 Å². The second kappa shape index (κ2) is 6.78. The van der Waals surface area contributed by atoms with Crippen molar-refractivity contribution in [3.63, 3.8) is 0 Å². The van der Waals surface area contributed by atoms with E-state index in [0.717, 1.165) is 4.47 Å². The Labute approximate surface area is 135 Å². The first-order chi connectivity index (χ1) is 10.0. The highest BCUT2D eigenvalue weighted by Crippen LogP contribution is 2.32. The van der Waals surface area contributed by atoms with Gasteiger partial charge >= 0.3 is 5.97 Å². The summed E-state index contributed by atoms with van der Waals surface area (Å²) in [6, 6.07) is 6.59. The molecule has 7 heteroatoms. The second-order valence-electron chi connectivity index (χ2n) is 4.01. The largest absolute Gasteiger partial charge is 0.462 e. The molecular formula is C14H12BrClN2O3. The molecule has 0 spiro atoms. The highest BCUT2D eigenvalue weighted by molar-refractivity contribution is 9.10. The number of pyridine rings is 1. The molecule has 110 valence electrons. The summed E-state index contributed by atoms with van der Waals surface area (Å²) in [5, 5.41) is 0.425. The molecule has 0 saturated heterocycles. The number of anilines is 1. The van der Waals surface area contributed by atoms with Crippen LogP contribution < -0.4 is 10.5 Å². The van der Waals surface area contributed by atoms with Crippen LogP contribution >= 0.6 is 27.5 Å². The van der Waals surface area contributed by atoms with Crippen LogP contribution in [0.15, 0.2) is 34.9 Å². The van der Waals surface area contributed by atoms with Gasteiger partial charge in [0, 0.05) is 10.5 Å². The summed E-state index contributed by atoms with van der Waals surface area (Å²) >= 11 is 9.37. The Hall–Kier alpha value is -1.79. The third-order valence-electron chi connectivity index (χ3n) is 2.51. The molecule has 0 radical (unpaired) electrons. The molecule has 5 nitrogen and oxygen atoms in total. The summed E-state index contributed by atoms with van der Waals surface area (Å²) in [6.45, 7) is 1.97. The fourth-order valence-corrected chi connectivity index (χ4v) is 2.05. The summed E-state index contributed by atoms with van der Waals surface area (Å²) in [5.74, 6) is 0.0907. The molecule has 0 amide bonds. The van der Waals surface area contributed by atoms with Gasteiger partial charge in [-0.2, -0.15) is 0 Å². The number of nitrogen functional groups attached to an aromatic ring is 1. The quantitative estimate of drug-likeness (QED) is 0.821. The van der Waals surface area contributed by atoms with Gasteiger partial charge in [-0.1, -0.05) is 27.5 Å². The van der Waals surface area contributed by atoms with Gasteiger partial charge in [0.25, 0.3) is 0 Å². The summed E-state index contributed by atoms with van der Waals surface area (Å²) < 4.78 is 11.3. The van der Waals surface area contributed by atoms with E-state index in [-0.39, 0.29) is 23.7 Å². The van der Waals surface area contributed by atoms with Crippen LogP contribution in [0.4, 0.5) is 5.69 Å². The predicted octanol–water partition coefficient (Wildman–Crippen LogP) is 4.05. The Balaban J connectivity index is 2.31. The van der Waals surface area contributed by atoms with Crippen molar-refractivity contribution in [2.45, 2.75) is 6.92 Å². The minimum absolute atomic E-state index is 0.201. The Morgan fingerprint density at radius 2 is 2.19 bits per heavy atom. The number of nitrogens with zero attached hydrogens (tertiary/aromatic N) is 1. The third kappa shape index (κ3) is 3.86. The van der Waals surface area contributed by atoms with Crippen molar-refractivity contribution < 1.29 is 14.3 Å². The van der Waals surface area contributed by atoms with Gasteiger partial charge in [0.2, 0.25) is 5.88 Å². The second-order valence-corrected chi connectivity index (χ2v) is 5.33. The molecule has 0 aliphatic heterocycles. The maximum Gasteiger partial charge on any atom is 0.340 e. The minimum Gasteiger partial charge on any atom is -0.462 e. The van der Waals surface area contributed by atoms with Crippen LogP contribution in [-0.2, 0) is 4.74 Å². The normalized spacial score (nSPS) is 10.2. The van der Waals surface area contributed by atoms with Crippen molar-refractivity contribution >= 4 is 39.2 Å². The van der Waals surface area contributed by atoms with Crippen LogP contribution in [0.25, 0.3) is 0 Å². The van der Waals surface area contributed by atoms with E-state index >= 15 is 0 Å². The van der Waals surface area contributed by atoms with Gasteiger partial charge in [0.1, 0.15) is 5.75 Å². The van der Waals surface area contributed by atoms with Gasteiger partial charge in [-0.25, -0.2) is 9.78 Å². The van der Waals surface area contributed by atoms with E-state index in [2.05, 4.69) is 20.9 Å². The number of aromatic nitrogens is 1. The lowest BCUT2D eigenvalue weighted by molar-refractivity contribution is 0.0527. The van der Waals surface area contributed by atoms with Crippen molar-refractivity contribution in [1.82, 2.24) is 4.98 Å². The van der Waals surface area contributed by atoms with E-state index in [4.69, 9.17) is 26.8 Å². The van der Waals surface area contributed by atoms with E-state index in [9.17, 15) is 4.79 Å².